The maximum absolute atomic E-state index is 13.1. The number of ether oxygens (including phenoxy) is 4. The van der Waals surface area contributed by atoms with Crippen LogP contribution in [0.3, 0.4) is 0 Å². The van der Waals surface area contributed by atoms with Crippen LogP contribution in [0.5, 0.6) is 0 Å². The number of aliphatic hydroxyl groups excluding tert-OH is 1. The Labute approximate surface area is 607 Å². The molecule has 5 atom stereocenters. The molecule has 0 spiro atoms. The molecular weight excluding hydrogens is 1290 g/mol. The average molecular weight is 1450 g/mol. The van der Waals surface area contributed by atoms with Crippen LogP contribution in [0.15, 0.2) is 0 Å². The predicted molar refractivity (Wildman–Crippen MR) is 405 cm³/mol. The minimum atomic E-state index is -4.96. The van der Waals surface area contributed by atoms with Crippen LogP contribution in [0.2, 0.25) is 0 Å². The van der Waals surface area contributed by atoms with E-state index >= 15 is 0 Å². The van der Waals surface area contributed by atoms with Gasteiger partial charge < -0.3 is 33.8 Å². The second kappa shape index (κ2) is 71.7. The number of carbonyl (C=O) groups is 4. The summed E-state index contributed by atoms with van der Waals surface area (Å²) >= 11 is 0. The second-order valence-electron chi connectivity index (χ2n) is 29.8. The first kappa shape index (κ1) is 97.1. The summed E-state index contributed by atoms with van der Waals surface area (Å²) in [6.45, 7) is 9.64. The Kier molecular flexibility index (Phi) is 70.3. The monoisotopic (exact) mass is 1450 g/mol. The molecule has 0 saturated carbocycles. The summed E-state index contributed by atoms with van der Waals surface area (Å²) in [5.74, 6) is -0.561. The lowest BCUT2D eigenvalue weighted by atomic mass is 10.0. The van der Waals surface area contributed by atoms with Gasteiger partial charge in [0.05, 0.1) is 26.4 Å². The lowest BCUT2D eigenvalue weighted by molar-refractivity contribution is -0.161. The first-order valence-corrected chi connectivity index (χ1v) is 44.5. The zero-order chi connectivity index (χ0) is 72.8. The molecule has 0 amide bonds. The van der Waals surface area contributed by atoms with Crippen LogP contribution in [0.25, 0.3) is 0 Å². The molecule has 0 aliphatic carbocycles. The van der Waals surface area contributed by atoms with Crippen LogP contribution in [-0.4, -0.2) is 96.7 Å². The van der Waals surface area contributed by atoms with E-state index in [1.54, 1.807) is 0 Å². The molecule has 0 radical (unpaired) electrons. The van der Waals surface area contributed by atoms with E-state index < -0.39 is 97.5 Å². The second-order valence-corrected chi connectivity index (χ2v) is 32.7. The maximum Gasteiger partial charge on any atom is 0.472 e. The van der Waals surface area contributed by atoms with Gasteiger partial charge >= 0.3 is 39.5 Å². The van der Waals surface area contributed by atoms with Crippen LogP contribution < -0.4 is 0 Å². The normalized spacial score (nSPS) is 13.9. The fraction of sp³-hybridized carbons (Fsp3) is 0.950. The molecule has 0 aliphatic heterocycles. The van der Waals surface area contributed by atoms with Gasteiger partial charge in [0.1, 0.15) is 19.3 Å². The van der Waals surface area contributed by atoms with Crippen molar-refractivity contribution in [3.63, 3.8) is 0 Å². The number of unbranched alkanes of at least 4 members (excludes halogenated alkanes) is 49. The molecule has 17 nitrogen and oxygen atoms in total. The predicted octanol–water partition coefficient (Wildman–Crippen LogP) is 23.9. The van der Waals surface area contributed by atoms with E-state index in [2.05, 4.69) is 41.5 Å². The van der Waals surface area contributed by atoms with Gasteiger partial charge in [-0.25, -0.2) is 9.13 Å². The van der Waals surface area contributed by atoms with Crippen molar-refractivity contribution in [2.75, 3.05) is 39.6 Å². The summed E-state index contributed by atoms with van der Waals surface area (Å²) < 4.78 is 68.7. The largest absolute Gasteiger partial charge is 0.472 e. The van der Waals surface area contributed by atoms with E-state index in [1.807, 2.05) is 0 Å². The Morgan fingerprint density at radius 3 is 0.687 bits per heavy atom. The molecule has 0 aromatic heterocycles. The Morgan fingerprint density at radius 1 is 0.273 bits per heavy atom. The molecule has 0 aliphatic rings. The highest BCUT2D eigenvalue weighted by Gasteiger charge is 2.30. The molecule has 19 heteroatoms. The Balaban J connectivity index is 5.26. The number of phosphoric acid groups is 2. The van der Waals surface area contributed by atoms with Crippen LogP contribution >= 0.6 is 15.6 Å². The first-order chi connectivity index (χ1) is 47.9. The first-order valence-electron chi connectivity index (χ1n) is 41.5. The van der Waals surface area contributed by atoms with Gasteiger partial charge in [-0.2, -0.15) is 0 Å². The van der Waals surface area contributed by atoms with Crippen LogP contribution in [-0.2, 0) is 65.4 Å². The Morgan fingerprint density at radius 2 is 0.465 bits per heavy atom. The zero-order valence-electron chi connectivity index (χ0n) is 64.8. The minimum absolute atomic E-state index is 0.107. The van der Waals surface area contributed by atoms with Crippen molar-refractivity contribution in [1.82, 2.24) is 0 Å². The molecule has 0 fully saturated rings. The number of esters is 4. The van der Waals surface area contributed by atoms with Crippen molar-refractivity contribution in [3.05, 3.63) is 0 Å². The number of rotatable bonds is 79. The van der Waals surface area contributed by atoms with Gasteiger partial charge in [-0.1, -0.05) is 369 Å². The fourth-order valence-corrected chi connectivity index (χ4v) is 13.9. The molecule has 0 rings (SSSR count). The molecule has 588 valence electrons. The van der Waals surface area contributed by atoms with Gasteiger partial charge in [0, 0.05) is 25.7 Å². The van der Waals surface area contributed by atoms with E-state index in [-0.39, 0.29) is 25.7 Å². The summed E-state index contributed by atoms with van der Waals surface area (Å²) in [5, 5.41) is 10.6. The van der Waals surface area contributed by atoms with Crippen LogP contribution in [0, 0.1) is 11.8 Å². The van der Waals surface area contributed by atoms with Crippen molar-refractivity contribution >= 4 is 39.5 Å². The van der Waals surface area contributed by atoms with Gasteiger partial charge in [0.25, 0.3) is 0 Å². The van der Waals surface area contributed by atoms with Crippen LogP contribution in [0.4, 0.5) is 0 Å². The van der Waals surface area contributed by atoms with E-state index in [1.165, 1.54) is 238 Å². The summed E-state index contributed by atoms with van der Waals surface area (Å²) in [4.78, 5) is 73.0. The quantitative estimate of drug-likeness (QED) is 0.0222. The molecule has 0 bridgehead atoms. The van der Waals surface area contributed by atoms with Crippen LogP contribution in [0.1, 0.15) is 420 Å². The molecular formula is C80H156O17P2. The lowest BCUT2D eigenvalue weighted by Crippen LogP contribution is -2.30. The topological polar surface area (TPSA) is 237 Å². The van der Waals surface area contributed by atoms with Gasteiger partial charge in [0.15, 0.2) is 12.2 Å². The number of aliphatic hydroxyl groups is 1. The third-order valence-electron chi connectivity index (χ3n) is 18.7. The van der Waals surface area contributed by atoms with Crippen molar-refractivity contribution in [2.24, 2.45) is 11.8 Å². The third kappa shape index (κ3) is 74.1. The summed E-state index contributed by atoms with van der Waals surface area (Å²) in [7, 11) is -9.92. The minimum Gasteiger partial charge on any atom is -0.462 e. The number of hydrogen-bond donors (Lipinski definition) is 3. The maximum atomic E-state index is 13.1. The molecule has 0 saturated heterocycles. The highest BCUT2D eigenvalue weighted by Crippen LogP contribution is 2.45. The van der Waals surface area contributed by atoms with E-state index in [0.717, 1.165) is 102 Å². The molecule has 99 heavy (non-hydrogen) atoms. The molecule has 0 aromatic carbocycles. The van der Waals surface area contributed by atoms with Crippen molar-refractivity contribution in [2.45, 2.75) is 439 Å². The summed E-state index contributed by atoms with van der Waals surface area (Å²) in [6.07, 6.45) is 60.9. The highest BCUT2D eigenvalue weighted by atomic mass is 31.2. The lowest BCUT2D eigenvalue weighted by Gasteiger charge is -2.21. The fourth-order valence-electron chi connectivity index (χ4n) is 12.4. The van der Waals surface area contributed by atoms with Gasteiger partial charge in [-0.05, 0) is 37.5 Å². The number of hydrogen-bond acceptors (Lipinski definition) is 15. The zero-order valence-corrected chi connectivity index (χ0v) is 66.6. The van der Waals surface area contributed by atoms with Crippen molar-refractivity contribution < 1.29 is 80.2 Å². The summed E-state index contributed by atoms with van der Waals surface area (Å²) in [6, 6.07) is 0. The standard InChI is InChI=1S/C80H156O17P2/c1-7-9-11-13-15-17-19-21-22-25-29-32-38-44-50-56-62-77(82)90-68-75(96-80(85)65-59-53-47-40-34-30-26-23-24-28-31-36-42-48-54-60-72(3)4)70-94-98(86,87)92-66-74(81)67-93-99(88,89)95-71-76(69-91-78(83)63-57-51-45-41-35-37-43-49-55-61-73(5)6)97-79(84)64-58-52-46-39-33-27-20-18-16-14-12-10-8-2/h72-76,81H,7-71H2,1-6H3,(H,86,87)(H,88,89)/t74-,75-,76-/m1/s1. The van der Waals surface area contributed by atoms with Gasteiger partial charge in [-0.3, -0.25) is 37.3 Å². The number of carbonyl (C=O) groups excluding carboxylic acids is 4. The SMILES string of the molecule is CCCCCCCCCCCCCCCCCCC(=O)OC[C@H](COP(=O)(O)OC[C@@H](O)COP(=O)(O)OC[C@@H](COC(=O)CCCCCCCCCCCC(C)C)OC(=O)CCCCCCCCCCCCCCC)OC(=O)CCCCCCCCCCCCCCCCCC(C)C. The van der Waals surface area contributed by atoms with Crippen molar-refractivity contribution in [3.8, 4) is 0 Å². The Hall–Kier alpha value is -1.94. The van der Waals surface area contributed by atoms with E-state index in [0.29, 0.717) is 25.7 Å². The Bertz CT molecular complexity index is 1910. The van der Waals surface area contributed by atoms with Gasteiger partial charge in [-0.15, -0.1) is 0 Å². The van der Waals surface area contributed by atoms with E-state index in [9.17, 15) is 43.2 Å². The molecule has 0 aromatic rings. The molecule has 3 N–H and O–H groups in total. The van der Waals surface area contributed by atoms with E-state index in [4.69, 9.17) is 37.0 Å². The average Bonchev–Trinajstić information content (AvgIpc) is 1.08. The molecule has 0 heterocycles. The van der Waals surface area contributed by atoms with Crippen molar-refractivity contribution in [1.29, 1.82) is 0 Å². The van der Waals surface area contributed by atoms with Gasteiger partial charge in [0.2, 0.25) is 0 Å². The third-order valence-corrected chi connectivity index (χ3v) is 20.6. The molecule has 2 unspecified atom stereocenters. The highest BCUT2D eigenvalue weighted by molar-refractivity contribution is 7.47. The number of phosphoric ester groups is 2. The smallest absolute Gasteiger partial charge is 0.462 e. The summed E-state index contributed by atoms with van der Waals surface area (Å²) in [5.41, 5.74) is 0.